The van der Waals surface area contributed by atoms with Crippen LogP contribution in [-0.2, 0) is 27.8 Å². The SMILES string of the molecule is CC(=O)CC(c1ccc(C)c(CN2CCOc3ccccc3S2(=O)=O)c1)c1cc(CCN(C)C)c(F)cc1C. The van der Waals surface area contributed by atoms with Crippen molar-refractivity contribution in [2.24, 2.45) is 0 Å². The number of rotatable bonds is 9. The van der Waals surface area contributed by atoms with Crippen molar-refractivity contribution in [3.63, 3.8) is 0 Å². The Bertz CT molecular complexity index is 1470. The summed E-state index contributed by atoms with van der Waals surface area (Å²) in [6.07, 6.45) is 0.833. The van der Waals surface area contributed by atoms with Gasteiger partial charge in [0.1, 0.15) is 28.9 Å². The number of likely N-dealkylation sites (N-methyl/N-ethyl adjacent to an activating group) is 1. The Morgan fingerprint density at radius 1 is 1.05 bits per heavy atom. The first kappa shape index (κ1) is 28.9. The van der Waals surface area contributed by atoms with E-state index in [1.165, 1.54) is 4.31 Å². The molecule has 208 valence electrons. The third-order valence-corrected chi connectivity index (χ3v) is 9.20. The molecule has 0 aliphatic carbocycles. The van der Waals surface area contributed by atoms with Gasteiger partial charge in [-0.1, -0.05) is 36.4 Å². The third-order valence-electron chi connectivity index (χ3n) is 7.32. The summed E-state index contributed by atoms with van der Waals surface area (Å²) in [6.45, 7) is 6.77. The van der Waals surface area contributed by atoms with Gasteiger partial charge in [-0.2, -0.15) is 4.31 Å². The highest BCUT2D eigenvalue weighted by Gasteiger charge is 2.31. The number of carbonyl (C=O) groups is 1. The first-order chi connectivity index (χ1) is 18.5. The molecule has 1 heterocycles. The number of Topliss-reactive ketones (excluding diaryl/α,β-unsaturated/α-hetero) is 1. The Kier molecular flexibility index (Phi) is 8.89. The first-order valence-electron chi connectivity index (χ1n) is 13.2. The lowest BCUT2D eigenvalue weighted by Crippen LogP contribution is -2.32. The highest BCUT2D eigenvalue weighted by molar-refractivity contribution is 7.89. The highest BCUT2D eigenvalue weighted by atomic mass is 32.2. The zero-order valence-corrected chi connectivity index (χ0v) is 24.1. The molecule has 0 spiro atoms. The molecule has 6 nitrogen and oxygen atoms in total. The van der Waals surface area contributed by atoms with Gasteiger partial charge in [-0.15, -0.1) is 0 Å². The standard InChI is InChI=1S/C31H37FN2O4S/c1-21-10-11-24(18-26(21)20-34-14-15-38-30-8-6-7-9-31(30)39(34,36)37)28(17-23(3)35)27-19-25(12-13-33(4)5)29(32)16-22(27)2/h6-11,16,18-19,28H,12-15,17,20H2,1-5H3. The number of fused-ring (bicyclic) bond motifs is 1. The summed E-state index contributed by atoms with van der Waals surface area (Å²) in [6, 6.07) is 16.1. The second kappa shape index (κ2) is 12.0. The molecule has 0 N–H and O–H groups in total. The Balaban J connectivity index is 1.72. The molecule has 0 amide bonds. The van der Waals surface area contributed by atoms with Gasteiger partial charge in [-0.3, -0.25) is 4.79 Å². The Labute approximate surface area is 231 Å². The van der Waals surface area contributed by atoms with E-state index >= 15 is 0 Å². The molecule has 4 rings (SSSR count). The van der Waals surface area contributed by atoms with Crippen LogP contribution < -0.4 is 4.74 Å². The highest BCUT2D eigenvalue weighted by Crippen LogP contribution is 2.35. The largest absolute Gasteiger partial charge is 0.491 e. The number of sulfonamides is 1. The van der Waals surface area contributed by atoms with Crippen LogP contribution in [0.4, 0.5) is 4.39 Å². The van der Waals surface area contributed by atoms with Crippen LogP contribution in [0.3, 0.4) is 0 Å². The summed E-state index contributed by atoms with van der Waals surface area (Å²) in [5.41, 5.74) is 5.05. The van der Waals surface area contributed by atoms with Crippen molar-refractivity contribution in [2.75, 3.05) is 33.8 Å². The second-order valence-corrected chi connectivity index (χ2v) is 12.5. The minimum absolute atomic E-state index is 0.0320. The maximum absolute atomic E-state index is 14.8. The minimum atomic E-state index is -3.76. The van der Waals surface area contributed by atoms with Gasteiger partial charge < -0.3 is 9.64 Å². The minimum Gasteiger partial charge on any atom is -0.491 e. The number of aryl methyl sites for hydroxylation is 2. The Morgan fingerprint density at radius 2 is 1.79 bits per heavy atom. The zero-order chi connectivity index (χ0) is 28.3. The smallest absolute Gasteiger partial charge is 0.247 e. The van der Waals surface area contributed by atoms with Gasteiger partial charge in [-0.25, -0.2) is 12.8 Å². The van der Waals surface area contributed by atoms with Crippen LogP contribution in [0.15, 0.2) is 59.5 Å². The fourth-order valence-electron chi connectivity index (χ4n) is 5.07. The van der Waals surface area contributed by atoms with E-state index in [1.54, 1.807) is 37.3 Å². The fourth-order valence-corrected chi connectivity index (χ4v) is 6.61. The molecule has 0 fully saturated rings. The lowest BCUT2D eigenvalue weighted by molar-refractivity contribution is -0.117. The van der Waals surface area contributed by atoms with Crippen LogP contribution in [-0.4, -0.2) is 57.2 Å². The van der Waals surface area contributed by atoms with Gasteiger partial charge in [0.15, 0.2) is 0 Å². The molecule has 8 heteroatoms. The quantitative estimate of drug-likeness (QED) is 0.363. The van der Waals surface area contributed by atoms with Crippen molar-refractivity contribution in [1.29, 1.82) is 0 Å². The molecule has 1 unspecified atom stereocenters. The number of para-hydroxylation sites is 1. The number of hydrogen-bond donors (Lipinski definition) is 0. The van der Waals surface area contributed by atoms with E-state index < -0.39 is 10.0 Å². The van der Waals surface area contributed by atoms with Crippen molar-refractivity contribution in [3.05, 3.63) is 93.8 Å². The maximum Gasteiger partial charge on any atom is 0.247 e. The van der Waals surface area contributed by atoms with Crippen LogP contribution in [0.1, 0.15) is 52.6 Å². The summed E-state index contributed by atoms with van der Waals surface area (Å²) < 4.78 is 49.0. The van der Waals surface area contributed by atoms with E-state index in [0.29, 0.717) is 24.3 Å². The lowest BCUT2D eigenvalue weighted by Gasteiger charge is -2.24. The normalized spacial score (nSPS) is 15.9. The van der Waals surface area contributed by atoms with Crippen LogP contribution in [0.25, 0.3) is 0 Å². The lowest BCUT2D eigenvalue weighted by atomic mass is 9.82. The van der Waals surface area contributed by atoms with Gasteiger partial charge in [0, 0.05) is 32.0 Å². The molecular formula is C31H37FN2O4S. The monoisotopic (exact) mass is 552 g/mol. The predicted molar refractivity (Wildman–Crippen MR) is 151 cm³/mol. The van der Waals surface area contributed by atoms with Crippen LogP contribution in [0.5, 0.6) is 5.75 Å². The topological polar surface area (TPSA) is 66.9 Å². The van der Waals surface area contributed by atoms with E-state index in [1.807, 2.05) is 57.1 Å². The fraction of sp³-hybridized carbons (Fsp3) is 0.387. The van der Waals surface area contributed by atoms with Crippen LogP contribution in [0.2, 0.25) is 0 Å². The van der Waals surface area contributed by atoms with Crippen LogP contribution in [0, 0.1) is 19.7 Å². The molecule has 1 aliphatic rings. The second-order valence-electron chi connectivity index (χ2n) is 10.6. The average Bonchev–Trinajstić information content (AvgIpc) is 2.99. The van der Waals surface area contributed by atoms with Gasteiger partial charge in [0.05, 0.1) is 0 Å². The number of halogens is 1. The number of hydrogen-bond acceptors (Lipinski definition) is 5. The number of benzene rings is 3. The van der Waals surface area contributed by atoms with Crippen molar-refractivity contribution >= 4 is 15.8 Å². The van der Waals surface area contributed by atoms with E-state index in [-0.39, 0.29) is 48.5 Å². The maximum atomic E-state index is 14.8. The Hall–Kier alpha value is -3.07. The molecular weight excluding hydrogens is 515 g/mol. The summed E-state index contributed by atoms with van der Waals surface area (Å²) in [5.74, 6) is -0.114. The van der Waals surface area contributed by atoms with E-state index in [0.717, 1.165) is 27.8 Å². The molecule has 1 aliphatic heterocycles. The van der Waals surface area contributed by atoms with Crippen LogP contribution >= 0.6 is 0 Å². The molecule has 1 atom stereocenters. The van der Waals surface area contributed by atoms with Crippen molar-refractivity contribution in [3.8, 4) is 5.75 Å². The van der Waals surface area contributed by atoms with E-state index in [2.05, 4.69) is 0 Å². The molecule has 0 saturated carbocycles. The van der Waals surface area contributed by atoms with Gasteiger partial charge in [-0.05, 0) is 92.9 Å². The summed E-state index contributed by atoms with van der Waals surface area (Å²) in [7, 11) is 0.146. The average molecular weight is 553 g/mol. The van der Waals surface area contributed by atoms with Crippen molar-refractivity contribution in [1.82, 2.24) is 9.21 Å². The van der Waals surface area contributed by atoms with E-state index in [9.17, 15) is 17.6 Å². The van der Waals surface area contributed by atoms with Crippen molar-refractivity contribution < 1.29 is 22.3 Å². The molecule has 3 aromatic carbocycles. The number of ketones is 1. The molecule has 0 bridgehead atoms. The summed E-state index contributed by atoms with van der Waals surface area (Å²) in [4.78, 5) is 14.6. The van der Waals surface area contributed by atoms with Crippen molar-refractivity contribution in [2.45, 2.75) is 51.0 Å². The number of ether oxygens (including phenoxy) is 1. The summed E-state index contributed by atoms with van der Waals surface area (Å²) in [5, 5.41) is 0. The van der Waals surface area contributed by atoms with Gasteiger partial charge in [0.25, 0.3) is 0 Å². The number of nitrogens with zero attached hydrogens (tertiary/aromatic N) is 2. The van der Waals surface area contributed by atoms with Gasteiger partial charge in [0.2, 0.25) is 10.0 Å². The van der Waals surface area contributed by atoms with E-state index in [4.69, 9.17) is 4.74 Å². The zero-order valence-electron chi connectivity index (χ0n) is 23.3. The summed E-state index contributed by atoms with van der Waals surface area (Å²) >= 11 is 0. The predicted octanol–water partition coefficient (Wildman–Crippen LogP) is 5.24. The molecule has 0 aromatic heterocycles. The molecule has 0 radical (unpaired) electrons. The molecule has 39 heavy (non-hydrogen) atoms. The number of carbonyl (C=O) groups excluding carboxylic acids is 1. The Morgan fingerprint density at radius 3 is 2.51 bits per heavy atom. The molecule has 0 saturated heterocycles. The first-order valence-corrected chi connectivity index (χ1v) is 14.7. The third kappa shape index (κ3) is 6.57. The molecule has 3 aromatic rings. The van der Waals surface area contributed by atoms with Gasteiger partial charge >= 0.3 is 0 Å².